The number of amides is 2. The fraction of sp³-hybridized carbons (Fsp3) is 0.263. The minimum atomic E-state index is -0.679. The molecule has 0 spiro atoms. The Balaban J connectivity index is 1.98. The molecule has 0 aliphatic rings. The average Bonchev–Trinajstić information content (AvgIpc) is 2.54. The maximum absolute atomic E-state index is 12.3. The molecule has 4 nitrogen and oxygen atoms in total. The second-order valence-electron chi connectivity index (χ2n) is 5.96. The van der Waals surface area contributed by atoms with Gasteiger partial charge in [-0.1, -0.05) is 47.0 Å². The van der Waals surface area contributed by atoms with Crippen LogP contribution in [0.2, 0.25) is 10.0 Å². The molecule has 0 radical (unpaired) electrons. The van der Waals surface area contributed by atoms with E-state index in [-0.39, 0.29) is 17.9 Å². The first-order chi connectivity index (χ1) is 11.8. The summed E-state index contributed by atoms with van der Waals surface area (Å²) in [7, 11) is 0. The number of benzene rings is 2. The highest BCUT2D eigenvalue weighted by Gasteiger charge is 2.20. The van der Waals surface area contributed by atoms with Gasteiger partial charge >= 0.3 is 0 Å². The fourth-order valence-electron chi connectivity index (χ4n) is 2.40. The predicted octanol–water partition coefficient (Wildman–Crippen LogP) is 4.30. The van der Waals surface area contributed by atoms with Crippen LogP contribution in [0, 0.1) is 6.92 Å². The molecule has 6 heteroatoms. The molecule has 0 fully saturated rings. The van der Waals surface area contributed by atoms with Crippen LogP contribution in [-0.4, -0.2) is 17.9 Å². The highest BCUT2D eigenvalue weighted by atomic mass is 35.5. The van der Waals surface area contributed by atoms with Gasteiger partial charge in [-0.3, -0.25) is 9.59 Å². The van der Waals surface area contributed by atoms with Crippen molar-refractivity contribution in [1.82, 2.24) is 10.6 Å². The third kappa shape index (κ3) is 5.21. The van der Waals surface area contributed by atoms with Gasteiger partial charge in [0.05, 0.1) is 6.04 Å². The van der Waals surface area contributed by atoms with E-state index in [2.05, 4.69) is 10.6 Å². The first-order valence-corrected chi connectivity index (χ1v) is 8.66. The molecular weight excluding hydrogens is 359 g/mol. The molecule has 2 atom stereocenters. The minimum Gasteiger partial charge on any atom is -0.348 e. The SMILES string of the molecule is Cc1cccc(C(=O)N[C@H](C)C(=O)N[C@H](C)c2ccc(Cl)cc2Cl)c1. The van der Waals surface area contributed by atoms with Crippen LogP contribution in [0.25, 0.3) is 0 Å². The molecule has 0 aliphatic heterocycles. The van der Waals surface area contributed by atoms with Gasteiger partial charge in [-0.05, 0) is 50.6 Å². The van der Waals surface area contributed by atoms with E-state index in [1.165, 1.54) is 0 Å². The third-order valence-corrected chi connectivity index (χ3v) is 4.37. The number of halogens is 2. The molecule has 0 unspecified atom stereocenters. The Morgan fingerprint density at radius 2 is 1.72 bits per heavy atom. The van der Waals surface area contributed by atoms with Crippen LogP contribution < -0.4 is 10.6 Å². The van der Waals surface area contributed by atoms with E-state index in [0.717, 1.165) is 11.1 Å². The summed E-state index contributed by atoms with van der Waals surface area (Å²) in [6, 6.07) is 11.3. The highest BCUT2D eigenvalue weighted by molar-refractivity contribution is 6.35. The smallest absolute Gasteiger partial charge is 0.251 e. The van der Waals surface area contributed by atoms with Gasteiger partial charge < -0.3 is 10.6 Å². The highest BCUT2D eigenvalue weighted by Crippen LogP contribution is 2.26. The van der Waals surface area contributed by atoms with Crippen molar-refractivity contribution in [3.8, 4) is 0 Å². The summed E-state index contributed by atoms with van der Waals surface area (Å²) in [5, 5.41) is 6.56. The maximum Gasteiger partial charge on any atom is 0.251 e. The van der Waals surface area contributed by atoms with Crippen molar-refractivity contribution in [1.29, 1.82) is 0 Å². The summed E-state index contributed by atoms with van der Waals surface area (Å²) in [6.45, 7) is 5.37. The van der Waals surface area contributed by atoms with Crippen LogP contribution in [0.5, 0.6) is 0 Å². The quantitative estimate of drug-likeness (QED) is 0.814. The van der Waals surface area contributed by atoms with Crippen LogP contribution in [0.15, 0.2) is 42.5 Å². The molecule has 2 N–H and O–H groups in total. The zero-order valence-electron chi connectivity index (χ0n) is 14.3. The van der Waals surface area contributed by atoms with Crippen LogP contribution >= 0.6 is 23.2 Å². The van der Waals surface area contributed by atoms with Gasteiger partial charge in [-0.15, -0.1) is 0 Å². The van der Waals surface area contributed by atoms with Gasteiger partial charge in [-0.2, -0.15) is 0 Å². The standard InChI is InChI=1S/C19H20Cl2N2O2/c1-11-5-4-6-14(9-11)19(25)23-13(3)18(24)22-12(2)16-8-7-15(20)10-17(16)21/h4-10,12-13H,1-3H3,(H,22,24)(H,23,25)/t12-,13-/m1/s1. The predicted molar refractivity (Wildman–Crippen MR) is 101 cm³/mol. The number of carbonyl (C=O) groups is 2. The zero-order chi connectivity index (χ0) is 18.6. The van der Waals surface area contributed by atoms with Crippen LogP contribution in [0.3, 0.4) is 0 Å². The molecule has 2 aromatic rings. The Hall–Kier alpha value is -2.04. The number of aryl methyl sites for hydroxylation is 1. The van der Waals surface area contributed by atoms with E-state index in [1.807, 2.05) is 19.9 Å². The van der Waals surface area contributed by atoms with Gasteiger partial charge in [-0.25, -0.2) is 0 Å². The van der Waals surface area contributed by atoms with E-state index >= 15 is 0 Å². The number of hydrogen-bond donors (Lipinski definition) is 2. The first kappa shape index (κ1) is 19.3. The lowest BCUT2D eigenvalue weighted by molar-refractivity contribution is -0.123. The Labute approximate surface area is 157 Å². The van der Waals surface area contributed by atoms with Gasteiger partial charge in [0.2, 0.25) is 5.91 Å². The number of carbonyl (C=O) groups excluding carboxylic acids is 2. The summed E-state index contributed by atoms with van der Waals surface area (Å²) in [5.41, 5.74) is 2.26. The molecule has 2 rings (SSSR count). The van der Waals surface area contributed by atoms with E-state index in [0.29, 0.717) is 15.6 Å². The molecule has 0 aliphatic carbocycles. The van der Waals surface area contributed by atoms with Crippen molar-refractivity contribution in [2.24, 2.45) is 0 Å². The van der Waals surface area contributed by atoms with Crippen molar-refractivity contribution in [2.45, 2.75) is 32.9 Å². The molecule has 0 saturated carbocycles. The van der Waals surface area contributed by atoms with Gasteiger partial charge in [0.1, 0.15) is 6.04 Å². The van der Waals surface area contributed by atoms with Crippen LogP contribution in [-0.2, 0) is 4.79 Å². The Morgan fingerprint density at radius 3 is 2.36 bits per heavy atom. The van der Waals surface area contributed by atoms with Crippen molar-refractivity contribution < 1.29 is 9.59 Å². The molecule has 0 heterocycles. The van der Waals surface area contributed by atoms with Gasteiger partial charge in [0, 0.05) is 15.6 Å². The molecule has 2 amide bonds. The summed E-state index contributed by atoms with van der Waals surface area (Å²) in [5.74, 6) is -0.581. The molecule has 0 bridgehead atoms. The first-order valence-electron chi connectivity index (χ1n) is 7.91. The lowest BCUT2D eigenvalue weighted by atomic mass is 10.1. The second kappa shape index (κ2) is 8.37. The molecule has 132 valence electrons. The second-order valence-corrected chi connectivity index (χ2v) is 6.80. The van der Waals surface area contributed by atoms with E-state index in [4.69, 9.17) is 23.2 Å². The fourth-order valence-corrected chi connectivity index (χ4v) is 2.97. The lowest BCUT2D eigenvalue weighted by Crippen LogP contribution is -2.45. The van der Waals surface area contributed by atoms with Crippen molar-refractivity contribution in [3.63, 3.8) is 0 Å². The number of nitrogens with one attached hydrogen (secondary N) is 2. The van der Waals surface area contributed by atoms with E-state index in [9.17, 15) is 9.59 Å². The van der Waals surface area contributed by atoms with Crippen LogP contribution in [0.4, 0.5) is 0 Å². The van der Waals surface area contributed by atoms with Crippen molar-refractivity contribution in [2.75, 3.05) is 0 Å². The van der Waals surface area contributed by atoms with Crippen molar-refractivity contribution in [3.05, 3.63) is 69.2 Å². The number of rotatable bonds is 5. The monoisotopic (exact) mass is 378 g/mol. The Bertz CT molecular complexity index is 793. The van der Waals surface area contributed by atoms with E-state index < -0.39 is 6.04 Å². The van der Waals surface area contributed by atoms with Gasteiger partial charge in [0.15, 0.2) is 0 Å². The molecule has 0 saturated heterocycles. The third-order valence-electron chi connectivity index (χ3n) is 3.81. The Morgan fingerprint density at radius 1 is 1.00 bits per heavy atom. The maximum atomic E-state index is 12.3. The average molecular weight is 379 g/mol. The molecule has 25 heavy (non-hydrogen) atoms. The number of hydrogen-bond acceptors (Lipinski definition) is 2. The molecule has 0 aromatic heterocycles. The zero-order valence-corrected chi connectivity index (χ0v) is 15.8. The van der Waals surface area contributed by atoms with Crippen molar-refractivity contribution >= 4 is 35.0 Å². The van der Waals surface area contributed by atoms with Crippen LogP contribution in [0.1, 0.15) is 41.4 Å². The Kier molecular flexibility index (Phi) is 6.45. The summed E-state index contributed by atoms with van der Waals surface area (Å²) < 4.78 is 0. The summed E-state index contributed by atoms with van der Waals surface area (Å²) in [4.78, 5) is 24.6. The van der Waals surface area contributed by atoms with Gasteiger partial charge in [0.25, 0.3) is 5.91 Å². The molecule has 2 aromatic carbocycles. The normalized spacial score (nSPS) is 13.0. The summed E-state index contributed by atoms with van der Waals surface area (Å²) in [6.07, 6.45) is 0. The minimum absolute atomic E-state index is 0.288. The largest absolute Gasteiger partial charge is 0.348 e. The molecular formula is C19H20Cl2N2O2. The topological polar surface area (TPSA) is 58.2 Å². The summed E-state index contributed by atoms with van der Waals surface area (Å²) >= 11 is 12.0. The lowest BCUT2D eigenvalue weighted by Gasteiger charge is -2.20. The van der Waals surface area contributed by atoms with E-state index in [1.54, 1.807) is 43.3 Å².